The zero-order valence-electron chi connectivity index (χ0n) is 22.5. The molecule has 0 radical (unpaired) electrons. The minimum absolute atomic E-state index is 0.123. The number of hydrogen-bond donors (Lipinski definition) is 2. The Bertz CT molecular complexity index is 838. The van der Waals surface area contributed by atoms with Crippen molar-refractivity contribution in [1.29, 1.82) is 0 Å². The Morgan fingerprint density at radius 2 is 1.27 bits per heavy atom. The van der Waals surface area contributed by atoms with E-state index in [1.807, 2.05) is 0 Å². The lowest BCUT2D eigenvalue weighted by Crippen LogP contribution is -2.63. The highest BCUT2D eigenvalue weighted by atomic mass is 35.6. The quantitative estimate of drug-likeness (QED) is 0.109. The number of alkyl halides is 6. The smallest absolute Gasteiger partial charge is 0.320 e. The summed E-state index contributed by atoms with van der Waals surface area (Å²) in [6.45, 7) is 5.62. The van der Waals surface area contributed by atoms with E-state index in [0.29, 0.717) is 39.0 Å². The number of rotatable bonds is 15. The van der Waals surface area contributed by atoms with Crippen molar-refractivity contribution in [2.24, 2.45) is 0 Å². The Balaban J connectivity index is 0.000000790. The predicted molar refractivity (Wildman–Crippen MR) is 167 cm³/mol. The number of nitrogens with zero attached hydrogens (tertiary/aromatic N) is 2. The third-order valence-corrected chi connectivity index (χ3v) is 12.2. The Labute approximate surface area is 278 Å². The summed E-state index contributed by atoms with van der Waals surface area (Å²) in [7, 11) is 2.81. The number of nitrogens with one attached hydrogen (secondary N) is 2. The van der Waals surface area contributed by atoms with Gasteiger partial charge in [0, 0.05) is 40.4 Å². The SMILES string of the molecule is CCOC(=O)CC(SP(=S)(OC)OC)C(=O)OCC.O=CNC(N1CCN(C(NC=O)C(Cl)(Cl)Cl)CC1)C(Cl)(Cl)Cl. The third kappa shape index (κ3) is 15.8. The van der Waals surface area contributed by atoms with Crippen molar-refractivity contribution in [2.75, 3.05) is 53.6 Å². The van der Waals surface area contributed by atoms with Gasteiger partial charge in [-0.25, -0.2) is 0 Å². The van der Waals surface area contributed by atoms with Gasteiger partial charge in [0.15, 0.2) is 0 Å². The van der Waals surface area contributed by atoms with Crippen LogP contribution in [0.1, 0.15) is 20.3 Å². The summed E-state index contributed by atoms with van der Waals surface area (Å²) in [5.41, 5.74) is -2.65. The first-order chi connectivity index (χ1) is 19.0. The Hall–Kier alpha value is 0.460. The molecule has 1 heterocycles. The van der Waals surface area contributed by atoms with Crippen LogP contribution in [0.4, 0.5) is 0 Å². The van der Waals surface area contributed by atoms with Gasteiger partial charge in [-0.1, -0.05) is 81.0 Å². The van der Waals surface area contributed by atoms with Crippen LogP contribution in [0.5, 0.6) is 0 Å². The molecule has 41 heavy (non-hydrogen) atoms. The van der Waals surface area contributed by atoms with E-state index >= 15 is 0 Å². The molecule has 2 amide bonds. The number of amides is 2. The summed E-state index contributed by atoms with van der Waals surface area (Å²) in [5.74, 6) is -1.01. The van der Waals surface area contributed by atoms with Gasteiger partial charge in [-0.05, 0) is 25.7 Å². The monoisotopic (exact) mass is 762 g/mol. The molecule has 12 nitrogen and oxygen atoms in total. The second-order valence-electron chi connectivity index (χ2n) is 7.70. The fraction of sp³-hybridized carbons (Fsp3) is 0.800. The summed E-state index contributed by atoms with van der Waals surface area (Å²) >= 11 is 41.4. The van der Waals surface area contributed by atoms with Gasteiger partial charge in [0.2, 0.25) is 26.1 Å². The van der Waals surface area contributed by atoms with Crippen LogP contribution in [0.3, 0.4) is 0 Å². The maximum Gasteiger partial charge on any atom is 0.320 e. The molecule has 0 aromatic carbocycles. The van der Waals surface area contributed by atoms with E-state index in [2.05, 4.69) is 10.6 Å². The number of esters is 2. The van der Waals surface area contributed by atoms with Gasteiger partial charge in [0.1, 0.15) is 17.6 Å². The summed E-state index contributed by atoms with van der Waals surface area (Å²) < 4.78 is 16.6. The Morgan fingerprint density at radius 3 is 1.56 bits per heavy atom. The first-order valence-electron chi connectivity index (χ1n) is 11.8. The first kappa shape index (κ1) is 41.5. The normalized spacial score (nSPS) is 17.2. The lowest BCUT2D eigenvalue weighted by molar-refractivity contribution is -0.149. The van der Waals surface area contributed by atoms with Crippen molar-refractivity contribution in [1.82, 2.24) is 20.4 Å². The average molecular weight is 765 g/mol. The maximum atomic E-state index is 11.8. The van der Waals surface area contributed by atoms with Crippen molar-refractivity contribution < 1.29 is 37.7 Å². The van der Waals surface area contributed by atoms with Crippen molar-refractivity contribution >= 4 is 123 Å². The van der Waals surface area contributed by atoms with Crippen LogP contribution in [0, 0.1) is 0 Å². The molecule has 0 saturated carbocycles. The van der Waals surface area contributed by atoms with Crippen LogP contribution in [-0.4, -0.2) is 113 Å². The van der Waals surface area contributed by atoms with Gasteiger partial charge < -0.3 is 29.2 Å². The summed E-state index contributed by atoms with van der Waals surface area (Å²) in [6.07, 6.45) is -0.735. The number of hydrogen-bond acceptors (Lipinski definition) is 12. The first-order valence-corrected chi connectivity index (χ1v) is 18.2. The highest BCUT2D eigenvalue weighted by Crippen LogP contribution is 2.62. The second-order valence-corrected chi connectivity index (χ2v) is 19.0. The van der Waals surface area contributed by atoms with E-state index in [1.54, 1.807) is 23.6 Å². The largest absolute Gasteiger partial charge is 0.466 e. The van der Waals surface area contributed by atoms with E-state index in [9.17, 15) is 19.2 Å². The highest BCUT2D eigenvalue weighted by molar-refractivity contribution is 8.68. The molecule has 1 rings (SSSR count). The number of ether oxygens (including phenoxy) is 2. The molecule has 2 N–H and O–H groups in total. The number of carbonyl (C=O) groups excluding carboxylic acids is 4. The van der Waals surface area contributed by atoms with Gasteiger partial charge in [-0.15, -0.1) is 0 Å². The second kappa shape index (κ2) is 20.5. The van der Waals surface area contributed by atoms with E-state index in [-0.39, 0.29) is 19.6 Å². The van der Waals surface area contributed by atoms with Crippen LogP contribution >= 0.6 is 86.7 Å². The number of carbonyl (C=O) groups is 4. The zero-order chi connectivity index (χ0) is 31.9. The molecule has 3 atom stereocenters. The molecule has 1 aliphatic rings. The summed E-state index contributed by atoms with van der Waals surface area (Å²) in [4.78, 5) is 48.2. The van der Waals surface area contributed by atoms with Crippen LogP contribution in [0.25, 0.3) is 0 Å². The van der Waals surface area contributed by atoms with Crippen molar-refractivity contribution in [3.8, 4) is 0 Å². The average Bonchev–Trinajstić information content (AvgIpc) is 2.89. The molecule has 240 valence electrons. The Morgan fingerprint density at radius 1 is 0.878 bits per heavy atom. The van der Waals surface area contributed by atoms with Crippen LogP contribution < -0.4 is 10.6 Å². The fourth-order valence-electron chi connectivity index (χ4n) is 3.28. The van der Waals surface area contributed by atoms with Crippen molar-refractivity contribution in [3.05, 3.63) is 0 Å². The third-order valence-electron chi connectivity index (χ3n) is 5.06. The molecule has 0 spiro atoms. The number of halogens is 6. The van der Waals surface area contributed by atoms with Gasteiger partial charge in [0.05, 0.1) is 19.6 Å². The standard InChI is InChI=1S/C10H14Cl6N4O2.C10H19O6PS2/c11-9(12,13)7(17-5-21)19-1-2-20(4-3-19)8(18-6-22)10(14,15)16;1-5-15-9(11)7-8(10(12)16-6-2)19-17(18,13-3)14-4/h5-8H,1-4H2,(H,17,21)(H,18,22);8H,5-7H2,1-4H3. The fourth-order valence-corrected chi connectivity index (χ4v) is 8.35. The van der Waals surface area contributed by atoms with Gasteiger partial charge >= 0.3 is 11.9 Å². The van der Waals surface area contributed by atoms with Crippen molar-refractivity contribution in [2.45, 2.75) is 45.4 Å². The van der Waals surface area contributed by atoms with Crippen LogP contribution in [-0.2, 0) is 49.5 Å². The molecule has 21 heteroatoms. The molecule has 0 aliphatic carbocycles. The highest BCUT2D eigenvalue weighted by Gasteiger charge is 2.42. The van der Waals surface area contributed by atoms with E-state index < -0.39 is 42.8 Å². The predicted octanol–water partition coefficient (Wildman–Crippen LogP) is 3.61. The Kier molecular flexibility index (Phi) is 20.7. The maximum absolute atomic E-state index is 11.8. The summed E-state index contributed by atoms with van der Waals surface area (Å²) in [5, 5.41) is 4.16. The van der Waals surface area contributed by atoms with Gasteiger partial charge in [0.25, 0.3) is 0 Å². The molecule has 1 aliphatic heterocycles. The van der Waals surface area contributed by atoms with Gasteiger partial charge in [-0.3, -0.25) is 29.0 Å². The molecule has 1 saturated heterocycles. The molecular formula is C20H33Cl6N4O8PS2. The van der Waals surface area contributed by atoms with Gasteiger partial charge in [-0.2, -0.15) is 0 Å². The minimum atomic E-state index is -2.65. The van der Waals surface area contributed by atoms with E-state index in [1.165, 1.54) is 14.2 Å². The topological polar surface area (TPSA) is 136 Å². The molecular weight excluding hydrogens is 732 g/mol. The number of piperazine rings is 1. The molecule has 1 fully saturated rings. The zero-order valence-corrected chi connectivity index (χ0v) is 29.6. The minimum Gasteiger partial charge on any atom is -0.466 e. The molecule has 0 aromatic heterocycles. The van der Waals surface area contributed by atoms with Crippen LogP contribution in [0.2, 0.25) is 0 Å². The molecule has 0 bridgehead atoms. The van der Waals surface area contributed by atoms with Crippen molar-refractivity contribution in [3.63, 3.8) is 0 Å². The summed E-state index contributed by atoms with van der Waals surface area (Å²) in [6, 6.07) is 0. The van der Waals surface area contributed by atoms with E-state index in [0.717, 1.165) is 11.4 Å². The lowest BCUT2D eigenvalue weighted by atomic mass is 10.2. The van der Waals surface area contributed by atoms with Crippen LogP contribution in [0.15, 0.2) is 0 Å². The molecule has 3 unspecified atom stereocenters. The van der Waals surface area contributed by atoms with E-state index in [4.69, 9.17) is 99.9 Å². The lowest BCUT2D eigenvalue weighted by Gasteiger charge is -2.44. The molecule has 0 aromatic rings.